The molecule has 30 heavy (non-hydrogen) atoms. The predicted octanol–water partition coefficient (Wildman–Crippen LogP) is 3.60. The fourth-order valence-corrected chi connectivity index (χ4v) is 3.01. The summed E-state index contributed by atoms with van der Waals surface area (Å²) >= 11 is 0. The van der Waals surface area contributed by atoms with E-state index in [4.69, 9.17) is 14.4 Å². The minimum Gasteiger partial charge on any atom is -0.438 e. The Kier molecular flexibility index (Phi) is 5.01. The topological polar surface area (TPSA) is 110 Å². The quantitative estimate of drug-likeness (QED) is 0.548. The van der Waals surface area contributed by atoms with Gasteiger partial charge in [0.25, 0.3) is 0 Å². The molecule has 8 heteroatoms. The zero-order valence-electron chi connectivity index (χ0n) is 16.0. The van der Waals surface area contributed by atoms with Crippen molar-refractivity contribution in [3.63, 3.8) is 0 Å². The van der Waals surface area contributed by atoms with Gasteiger partial charge in [0.05, 0.1) is 5.52 Å². The number of oxazole rings is 1. The number of carbonyl (C=O) groups excluding carboxylic acids is 1. The number of pyridine rings is 1. The molecule has 0 saturated carbocycles. The summed E-state index contributed by atoms with van der Waals surface area (Å²) in [7, 11) is 0. The van der Waals surface area contributed by atoms with Crippen LogP contribution in [0, 0.1) is 18.3 Å². The summed E-state index contributed by atoms with van der Waals surface area (Å²) in [6.45, 7) is 1.64. The number of fused-ring (bicyclic) bond motifs is 1. The van der Waals surface area contributed by atoms with Gasteiger partial charge in [-0.1, -0.05) is 12.1 Å². The second-order valence-corrected chi connectivity index (χ2v) is 6.52. The highest BCUT2D eigenvalue weighted by atomic mass is 16.5. The molecule has 0 spiro atoms. The smallest absolute Gasteiger partial charge is 0.420 e. The first-order valence-electron chi connectivity index (χ1n) is 9.07. The third-order valence-electron chi connectivity index (χ3n) is 4.45. The molecule has 8 nitrogen and oxygen atoms in total. The zero-order chi connectivity index (χ0) is 21.1. The number of aromatic nitrogens is 2. The molecule has 4 aromatic rings. The molecule has 0 aliphatic carbocycles. The summed E-state index contributed by atoms with van der Waals surface area (Å²) in [5, 5.41) is 11.9. The maximum absolute atomic E-state index is 12.5. The van der Waals surface area contributed by atoms with Crippen LogP contribution in [0.5, 0.6) is 11.6 Å². The molecule has 4 rings (SSSR count). The number of para-hydroxylation sites is 2. The lowest BCUT2D eigenvalue weighted by Crippen LogP contribution is -2.25. The van der Waals surface area contributed by atoms with E-state index in [9.17, 15) is 9.59 Å². The monoisotopic (exact) mass is 400 g/mol. The number of ether oxygens (including phenoxy) is 1. The molecule has 1 N–H and O–H groups in total. The Morgan fingerprint density at radius 1 is 1.23 bits per heavy atom. The molecule has 0 bridgehead atoms. The lowest BCUT2D eigenvalue weighted by atomic mass is 10.2. The standard InChI is InChI=1S/C22H16N4O4/c1-14-11-16(29-21-15(12-23)5-4-10-24-21)8-9-17(14)25-20(27)13-26-18-6-2-3-7-19(18)30-22(26)28/h2-11H,13H2,1H3,(H,25,27). The molecule has 2 aromatic carbocycles. The lowest BCUT2D eigenvalue weighted by Gasteiger charge is -2.11. The third kappa shape index (κ3) is 3.77. The summed E-state index contributed by atoms with van der Waals surface area (Å²) in [6.07, 6.45) is 1.54. The molecule has 0 aliphatic heterocycles. The lowest BCUT2D eigenvalue weighted by molar-refractivity contribution is -0.116. The number of amides is 1. The van der Waals surface area contributed by atoms with Crippen LogP contribution in [0.25, 0.3) is 11.1 Å². The van der Waals surface area contributed by atoms with Gasteiger partial charge in [-0.2, -0.15) is 5.26 Å². The second kappa shape index (κ2) is 7.93. The summed E-state index contributed by atoms with van der Waals surface area (Å²) < 4.78 is 12.1. The van der Waals surface area contributed by atoms with E-state index in [1.165, 1.54) is 4.57 Å². The second-order valence-electron chi connectivity index (χ2n) is 6.52. The summed E-state index contributed by atoms with van der Waals surface area (Å²) in [5.41, 5.74) is 2.64. The van der Waals surface area contributed by atoms with Crippen molar-refractivity contribution in [1.29, 1.82) is 5.26 Å². The van der Waals surface area contributed by atoms with Gasteiger partial charge >= 0.3 is 5.76 Å². The van der Waals surface area contributed by atoms with E-state index < -0.39 is 5.76 Å². The van der Waals surface area contributed by atoms with Crippen LogP contribution in [0.3, 0.4) is 0 Å². The van der Waals surface area contributed by atoms with Gasteiger partial charge < -0.3 is 14.5 Å². The van der Waals surface area contributed by atoms with E-state index >= 15 is 0 Å². The number of aryl methyl sites for hydroxylation is 1. The molecule has 2 aromatic heterocycles. The molecule has 0 aliphatic rings. The first kappa shape index (κ1) is 19.0. The van der Waals surface area contributed by atoms with Crippen LogP contribution < -0.4 is 15.8 Å². The van der Waals surface area contributed by atoms with Crippen molar-refractivity contribution in [1.82, 2.24) is 9.55 Å². The normalized spacial score (nSPS) is 10.5. The Morgan fingerprint density at radius 2 is 2.07 bits per heavy atom. The Morgan fingerprint density at radius 3 is 2.87 bits per heavy atom. The van der Waals surface area contributed by atoms with E-state index in [1.54, 1.807) is 60.8 Å². The van der Waals surface area contributed by atoms with Crippen LogP contribution in [0.4, 0.5) is 5.69 Å². The Balaban J connectivity index is 1.50. The van der Waals surface area contributed by atoms with Crippen molar-refractivity contribution in [3.8, 4) is 17.7 Å². The SMILES string of the molecule is Cc1cc(Oc2ncccc2C#N)ccc1NC(=O)Cn1c(=O)oc2ccccc21. The third-order valence-corrected chi connectivity index (χ3v) is 4.45. The maximum atomic E-state index is 12.5. The average molecular weight is 400 g/mol. The van der Waals surface area contributed by atoms with E-state index in [1.807, 2.05) is 13.0 Å². The van der Waals surface area contributed by atoms with Crippen LogP contribution in [0.1, 0.15) is 11.1 Å². The number of hydrogen-bond acceptors (Lipinski definition) is 6. The van der Waals surface area contributed by atoms with Crippen LogP contribution in [-0.2, 0) is 11.3 Å². The Labute approximate surface area is 171 Å². The fraction of sp³-hybridized carbons (Fsp3) is 0.0909. The number of hydrogen-bond donors (Lipinski definition) is 1. The van der Waals surface area contributed by atoms with Gasteiger partial charge in [-0.25, -0.2) is 9.78 Å². The van der Waals surface area contributed by atoms with Crippen molar-refractivity contribution in [2.45, 2.75) is 13.5 Å². The van der Waals surface area contributed by atoms with Crippen molar-refractivity contribution in [2.75, 3.05) is 5.32 Å². The molecular formula is C22H16N4O4. The summed E-state index contributed by atoms with van der Waals surface area (Å²) in [5.74, 6) is -0.257. The number of rotatable bonds is 5. The predicted molar refractivity (Wildman–Crippen MR) is 109 cm³/mol. The molecular weight excluding hydrogens is 384 g/mol. The first-order chi connectivity index (χ1) is 14.5. The number of nitrogens with one attached hydrogen (secondary N) is 1. The molecule has 148 valence electrons. The van der Waals surface area contributed by atoms with Crippen LogP contribution in [-0.4, -0.2) is 15.5 Å². The minimum atomic E-state index is -0.588. The highest BCUT2D eigenvalue weighted by Crippen LogP contribution is 2.26. The van der Waals surface area contributed by atoms with Gasteiger partial charge in [0.2, 0.25) is 11.8 Å². The molecule has 0 fully saturated rings. The average Bonchev–Trinajstić information content (AvgIpc) is 3.05. The van der Waals surface area contributed by atoms with Gasteiger partial charge in [-0.05, 0) is 55.0 Å². The van der Waals surface area contributed by atoms with Crippen molar-refractivity contribution < 1.29 is 13.9 Å². The summed E-state index contributed by atoms with van der Waals surface area (Å²) in [4.78, 5) is 28.6. The summed E-state index contributed by atoms with van der Waals surface area (Å²) in [6, 6.07) is 17.3. The zero-order valence-corrected chi connectivity index (χ0v) is 16.0. The highest BCUT2D eigenvalue weighted by Gasteiger charge is 2.14. The molecule has 0 radical (unpaired) electrons. The van der Waals surface area contributed by atoms with Crippen LogP contribution >= 0.6 is 0 Å². The van der Waals surface area contributed by atoms with Gasteiger partial charge in [0, 0.05) is 11.9 Å². The molecule has 1 amide bonds. The van der Waals surface area contributed by atoms with E-state index in [0.29, 0.717) is 28.1 Å². The van der Waals surface area contributed by atoms with E-state index in [-0.39, 0.29) is 18.3 Å². The number of nitrogens with zero attached hydrogens (tertiary/aromatic N) is 3. The maximum Gasteiger partial charge on any atom is 0.420 e. The number of anilines is 1. The molecule has 0 saturated heterocycles. The van der Waals surface area contributed by atoms with Gasteiger partial charge in [-0.15, -0.1) is 0 Å². The number of nitriles is 1. The van der Waals surface area contributed by atoms with Crippen LogP contribution in [0.2, 0.25) is 0 Å². The molecule has 2 heterocycles. The van der Waals surface area contributed by atoms with Crippen molar-refractivity contribution >= 4 is 22.7 Å². The largest absolute Gasteiger partial charge is 0.438 e. The first-order valence-corrected chi connectivity index (χ1v) is 9.07. The van der Waals surface area contributed by atoms with Crippen LogP contribution in [0.15, 0.2) is 70.0 Å². The Hall–Kier alpha value is -4.38. The van der Waals surface area contributed by atoms with Crippen molar-refractivity contribution in [2.24, 2.45) is 0 Å². The molecule has 0 unspecified atom stereocenters. The van der Waals surface area contributed by atoms with Gasteiger partial charge in [-0.3, -0.25) is 9.36 Å². The highest BCUT2D eigenvalue weighted by molar-refractivity contribution is 5.92. The molecule has 0 atom stereocenters. The number of carbonyl (C=O) groups is 1. The Bertz CT molecular complexity index is 1350. The fourth-order valence-electron chi connectivity index (χ4n) is 3.01. The van der Waals surface area contributed by atoms with Gasteiger partial charge in [0.1, 0.15) is 23.9 Å². The van der Waals surface area contributed by atoms with E-state index in [2.05, 4.69) is 10.3 Å². The van der Waals surface area contributed by atoms with Crippen molar-refractivity contribution in [3.05, 3.63) is 82.5 Å². The van der Waals surface area contributed by atoms with Gasteiger partial charge in [0.15, 0.2) is 5.58 Å². The number of benzene rings is 2. The van der Waals surface area contributed by atoms with E-state index in [0.717, 1.165) is 5.56 Å². The minimum absolute atomic E-state index is 0.174.